The molecule has 0 atom stereocenters. The largest absolute Gasteiger partial charge is 0.441 e. The van der Waals surface area contributed by atoms with Crippen LogP contribution < -0.4 is 0 Å². The van der Waals surface area contributed by atoms with Crippen molar-refractivity contribution < 1.29 is 9.21 Å². The second-order valence-electron chi connectivity index (χ2n) is 4.05. The van der Waals surface area contributed by atoms with Crippen LogP contribution in [0.15, 0.2) is 22.6 Å². The lowest BCUT2D eigenvalue weighted by molar-refractivity contribution is 0.0967. The van der Waals surface area contributed by atoms with Crippen LogP contribution in [0.4, 0.5) is 0 Å². The van der Waals surface area contributed by atoms with Crippen LogP contribution >= 0.6 is 0 Å². The molecule has 0 radical (unpaired) electrons. The third kappa shape index (κ3) is 1.44. The molecule has 0 N–H and O–H groups in total. The van der Waals surface area contributed by atoms with E-state index in [4.69, 9.17) is 4.42 Å². The first kappa shape index (κ1) is 8.65. The van der Waals surface area contributed by atoms with Gasteiger partial charge in [-0.15, -0.1) is 0 Å². The van der Waals surface area contributed by atoms with E-state index in [0.717, 1.165) is 23.9 Å². The van der Waals surface area contributed by atoms with Gasteiger partial charge in [-0.25, -0.2) is 4.98 Å². The zero-order valence-corrected chi connectivity index (χ0v) is 8.49. The van der Waals surface area contributed by atoms with Crippen molar-refractivity contribution in [3.63, 3.8) is 0 Å². The standard InChI is InChI=1S/C12H11NO2/c1-7-13-10-5-4-9(6-11(10)15-7)12(14)8-2-3-8/h4-6,8H,2-3H2,1H3. The van der Waals surface area contributed by atoms with Crippen molar-refractivity contribution in [2.24, 2.45) is 5.92 Å². The minimum Gasteiger partial charge on any atom is -0.441 e. The molecule has 3 heteroatoms. The van der Waals surface area contributed by atoms with Crippen molar-refractivity contribution in [2.75, 3.05) is 0 Å². The summed E-state index contributed by atoms with van der Waals surface area (Å²) in [6.07, 6.45) is 2.07. The molecular weight excluding hydrogens is 190 g/mol. The van der Waals surface area contributed by atoms with Crippen molar-refractivity contribution in [1.82, 2.24) is 4.98 Å². The molecule has 0 amide bonds. The highest BCUT2D eigenvalue weighted by Gasteiger charge is 2.30. The quantitative estimate of drug-likeness (QED) is 0.701. The molecule has 0 unspecified atom stereocenters. The Morgan fingerprint density at radius 1 is 1.47 bits per heavy atom. The third-order valence-electron chi connectivity index (χ3n) is 2.73. The fourth-order valence-corrected chi connectivity index (χ4v) is 1.77. The molecule has 1 aromatic heterocycles. The summed E-state index contributed by atoms with van der Waals surface area (Å²) in [5.74, 6) is 1.14. The molecule has 1 aliphatic carbocycles. The zero-order chi connectivity index (χ0) is 10.4. The first-order valence-corrected chi connectivity index (χ1v) is 5.15. The van der Waals surface area contributed by atoms with Crippen LogP contribution in [0.1, 0.15) is 29.1 Å². The number of aryl methyl sites for hydroxylation is 1. The molecule has 1 saturated carbocycles. The molecule has 0 bridgehead atoms. The molecule has 1 aliphatic rings. The number of carbonyl (C=O) groups is 1. The Balaban J connectivity index is 2.08. The number of fused-ring (bicyclic) bond motifs is 1. The number of hydrogen-bond donors (Lipinski definition) is 0. The molecule has 3 rings (SSSR count). The van der Waals surface area contributed by atoms with Gasteiger partial charge >= 0.3 is 0 Å². The van der Waals surface area contributed by atoms with E-state index < -0.39 is 0 Å². The molecule has 76 valence electrons. The molecule has 3 nitrogen and oxygen atoms in total. The summed E-state index contributed by atoms with van der Waals surface area (Å²) in [4.78, 5) is 16.0. The molecule has 2 aromatic rings. The number of ketones is 1. The number of nitrogens with zero attached hydrogens (tertiary/aromatic N) is 1. The molecule has 1 aromatic carbocycles. The van der Waals surface area contributed by atoms with E-state index >= 15 is 0 Å². The second-order valence-corrected chi connectivity index (χ2v) is 4.05. The van der Waals surface area contributed by atoms with Crippen LogP contribution in [-0.4, -0.2) is 10.8 Å². The summed E-state index contributed by atoms with van der Waals surface area (Å²) in [7, 11) is 0. The Morgan fingerprint density at radius 3 is 3.00 bits per heavy atom. The first-order valence-electron chi connectivity index (χ1n) is 5.15. The highest BCUT2D eigenvalue weighted by Crippen LogP contribution is 2.33. The van der Waals surface area contributed by atoms with Gasteiger partial charge in [-0.2, -0.15) is 0 Å². The van der Waals surface area contributed by atoms with Crippen molar-refractivity contribution in [2.45, 2.75) is 19.8 Å². The average Bonchev–Trinajstić information content (AvgIpc) is 2.98. The van der Waals surface area contributed by atoms with Crippen LogP contribution in [0, 0.1) is 12.8 Å². The predicted octanol–water partition coefficient (Wildman–Crippen LogP) is 2.73. The predicted molar refractivity (Wildman–Crippen MR) is 55.8 cm³/mol. The van der Waals surface area contributed by atoms with E-state index in [0.29, 0.717) is 11.5 Å². The fourth-order valence-electron chi connectivity index (χ4n) is 1.77. The summed E-state index contributed by atoms with van der Waals surface area (Å²) in [6, 6.07) is 5.49. The van der Waals surface area contributed by atoms with E-state index in [1.165, 1.54) is 0 Å². The number of carbonyl (C=O) groups excluding carboxylic acids is 1. The molecule has 15 heavy (non-hydrogen) atoms. The minimum absolute atomic E-state index is 0.242. The van der Waals surface area contributed by atoms with Gasteiger partial charge in [-0.3, -0.25) is 4.79 Å². The zero-order valence-electron chi connectivity index (χ0n) is 8.49. The molecule has 0 saturated heterocycles. The average molecular weight is 201 g/mol. The van der Waals surface area contributed by atoms with E-state index in [1.807, 2.05) is 19.1 Å². The van der Waals surface area contributed by atoms with Crippen molar-refractivity contribution >= 4 is 16.9 Å². The Kier molecular flexibility index (Phi) is 1.69. The highest BCUT2D eigenvalue weighted by atomic mass is 16.3. The number of hydrogen-bond acceptors (Lipinski definition) is 3. The van der Waals surface area contributed by atoms with Gasteiger partial charge in [0.1, 0.15) is 5.52 Å². The van der Waals surface area contributed by atoms with Gasteiger partial charge in [-0.05, 0) is 31.0 Å². The molecule has 0 aliphatic heterocycles. The topological polar surface area (TPSA) is 43.1 Å². The van der Waals surface area contributed by atoms with Crippen molar-refractivity contribution in [1.29, 1.82) is 0 Å². The highest BCUT2D eigenvalue weighted by molar-refractivity contribution is 6.01. The Morgan fingerprint density at radius 2 is 2.27 bits per heavy atom. The molecule has 1 fully saturated rings. The van der Waals surface area contributed by atoms with Gasteiger partial charge < -0.3 is 4.42 Å². The summed E-state index contributed by atoms with van der Waals surface area (Å²) in [6.45, 7) is 1.81. The smallest absolute Gasteiger partial charge is 0.192 e. The van der Waals surface area contributed by atoms with Crippen LogP contribution in [0.25, 0.3) is 11.1 Å². The van der Waals surface area contributed by atoms with Gasteiger partial charge in [0.2, 0.25) is 0 Å². The second kappa shape index (κ2) is 2.92. The normalized spacial score (nSPS) is 15.8. The van der Waals surface area contributed by atoms with E-state index in [9.17, 15) is 4.79 Å². The number of benzene rings is 1. The lowest BCUT2D eigenvalue weighted by atomic mass is 10.1. The maximum atomic E-state index is 11.8. The number of rotatable bonds is 2. The lowest BCUT2D eigenvalue weighted by Crippen LogP contribution is -2.00. The SMILES string of the molecule is Cc1nc2ccc(C(=O)C3CC3)cc2o1. The van der Waals surface area contributed by atoms with Gasteiger partial charge in [0.25, 0.3) is 0 Å². The van der Waals surface area contributed by atoms with Crippen LogP contribution in [0.5, 0.6) is 0 Å². The lowest BCUT2D eigenvalue weighted by Gasteiger charge is -1.96. The van der Waals surface area contributed by atoms with Crippen LogP contribution in [-0.2, 0) is 0 Å². The first-order chi connectivity index (χ1) is 7.24. The van der Waals surface area contributed by atoms with Crippen molar-refractivity contribution in [3.05, 3.63) is 29.7 Å². The summed E-state index contributed by atoms with van der Waals surface area (Å²) in [5.41, 5.74) is 2.28. The Hall–Kier alpha value is -1.64. The summed E-state index contributed by atoms with van der Waals surface area (Å²) in [5, 5.41) is 0. The fraction of sp³-hybridized carbons (Fsp3) is 0.333. The van der Waals surface area contributed by atoms with Gasteiger partial charge in [0.05, 0.1) is 0 Å². The molecular formula is C12H11NO2. The minimum atomic E-state index is 0.242. The Bertz CT molecular complexity index is 538. The van der Waals surface area contributed by atoms with Gasteiger partial charge in [-0.1, -0.05) is 0 Å². The summed E-state index contributed by atoms with van der Waals surface area (Å²) >= 11 is 0. The van der Waals surface area contributed by atoms with E-state index in [2.05, 4.69) is 4.98 Å². The van der Waals surface area contributed by atoms with Crippen LogP contribution in [0.2, 0.25) is 0 Å². The van der Waals surface area contributed by atoms with E-state index in [-0.39, 0.29) is 11.7 Å². The maximum absolute atomic E-state index is 11.8. The van der Waals surface area contributed by atoms with Crippen LogP contribution in [0.3, 0.4) is 0 Å². The monoisotopic (exact) mass is 201 g/mol. The third-order valence-corrected chi connectivity index (χ3v) is 2.73. The van der Waals surface area contributed by atoms with Gasteiger partial charge in [0.15, 0.2) is 17.3 Å². The maximum Gasteiger partial charge on any atom is 0.192 e. The molecule has 1 heterocycles. The number of Topliss-reactive ketones (excluding diaryl/α,β-unsaturated/α-hetero) is 1. The Labute approximate surface area is 87.1 Å². The number of oxazole rings is 1. The van der Waals surface area contributed by atoms with Gasteiger partial charge in [0, 0.05) is 18.4 Å². The summed E-state index contributed by atoms with van der Waals surface area (Å²) < 4.78 is 5.40. The van der Waals surface area contributed by atoms with Crippen molar-refractivity contribution in [3.8, 4) is 0 Å². The molecule has 0 spiro atoms. The van der Waals surface area contributed by atoms with E-state index in [1.54, 1.807) is 6.07 Å². The number of aromatic nitrogens is 1.